The maximum absolute atomic E-state index is 12.3. The van der Waals surface area contributed by atoms with Gasteiger partial charge in [-0.2, -0.15) is 13.2 Å². The maximum Gasteiger partial charge on any atom is 0.416 e. The van der Waals surface area contributed by atoms with E-state index in [4.69, 9.17) is 11.6 Å². The van der Waals surface area contributed by atoms with Gasteiger partial charge in [-0.15, -0.1) is 0 Å². The zero-order chi connectivity index (χ0) is 13.1. The van der Waals surface area contributed by atoms with Crippen LogP contribution in [0.3, 0.4) is 0 Å². The molecule has 0 aliphatic heterocycles. The maximum atomic E-state index is 12.3. The summed E-state index contributed by atoms with van der Waals surface area (Å²) in [5.74, 6) is 0. The Morgan fingerprint density at radius 3 is 2.12 bits per heavy atom. The van der Waals surface area contributed by atoms with E-state index >= 15 is 0 Å². The van der Waals surface area contributed by atoms with E-state index in [1.54, 1.807) is 16.9 Å². The molecule has 5 heteroatoms. The molecule has 0 N–H and O–H groups in total. The summed E-state index contributed by atoms with van der Waals surface area (Å²) in [4.78, 5) is 0. The topological polar surface area (TPSA) is 3.01 Å². The van der Waals surface area contributed by atoms with Crippen molar-refractivity contribution < 1.29 is 17.7 Å². The molecule has 0 fully saturated rings. The third-order valence-corrected chi connectivity index (χ3v) is 2.35. The number of hydrogen-bond acceptors (Lipinski definition) is 0. The lowest BCUT2D eigenvalue weighted by molar-refractivity contribution is -0.458. The Kier molecular flexibility index (Phi) is 4.34. The molecule has 0 bridgehead atoms. The molecule has 92 valence electrons. The minimum Gasteiger partial charge on any atom is -0.241 e. The van der Waals surface area contributed by atoms with Crippen molar-refractivity contribution in [1.29, 1.82) is 0 Å². The first-order chi connectivity index (χ1) is 7.80. The van der Waals surface area contributed by atoms with Crippen molar-refractivity contribution >= 4 is 22.8 Å². The highest BCUT2D eigenvalue weighted by Crippen LogP contribution is 2.30. The predicted octanol–water partition coefficient (Wildman–Crippen LogP) is 3.63. The molecular formula is C12H12ClF3N+. The molecule has 0 aromatic heterocycles. The summed E-state index contributed by atoms with van der Waals surface area (Å²) in [6.07, 6.45) is -0.964. The molecule has 0 unspecified atom stereocenters. The third kappa shape index (κ3) is 4.23. The first kappa shape index (κ1) is 13.8. The number of allylic oxidation sites excluding steroid dienone is 1. The average Bonchev–Trinajstić information content (AvgIpc) is 2.25. The minimum atomic E-state index is -4.31. The molecule has 0 saturated heterocycles. The number of alkyl halides is 3. The van der Waals surface area contributed by atoms with Crippen LogP contribution < -0.4 is 0 Å². The Bertz CT molecular complexity index is 440. The lowest BCUT2D eigenvalue weighted by atomic mass is 10.1. The lowest BCUT2D eigenvalue weighted by Gasteiger charge is -2.06. The Hall–Kier alpha value is -1.29. The van der Waals surface area contributed by atoms with Gasteiger partial charge in [-0.25, -0.2) is 4.58 Å². The molecule has 1 aromatic carbocycles. The van der Waals surface area contributed by atoms with Gasteiger partial charge < -0.3 is 0 Å². The summed E-state index contributed by atoms with van der Waals surface area (Å²) < 4.78 is 38.7. The van der Waals surface area contributed by atoms with Crippen molar-refractivity contribution in [3.8, 4) is 0 Å². The fourth-order valence-corrected chi connectivity index (χ4v) is 1.31. The molecule has 0 spiro atoms. The fraction of sp³-hybridized carbons (Fsp3) is 0.250. The molecule has 0 heterocycles. The van der Waals surface area contributed by atoms with Gasteiger partial charge in [0.15, 0.2) is 6.21 Å². The van der Waals surface area contributed by atoms with Crippen molar-refractivity contribution in [2.45, 2.75) is 6.18 Å². The molecule has 0 atom stereocenters. The van der Waals surface area contributed by atoms with Crippen molar-refractivity contribution in [3.63, 3.8) is 0 Å². The summed E-state index contributed by atoms with van der Waals surface area (Å²) in [6.45, 7) is 0. The molecule has 0 radical (unpaired) electrons. The molecule has 1 nitrogen and oxygen atoms in total. The van der Waals surface area contributed by atoms with E-state index in [1.165, 1.54) is 12.1 Å². The van der Waals surface area contributed by atoms with Crippen LogP contribution in [0.15, 0.2) is 30.3 Å². The Morgan fingerprint density at radius 2 is 1.71 bits per heavy atom. The van der Waals surface area contributed by atoms with E-state index in [0.717, 1.165) is 12.1 Å². The fourth-order valence-electron chi connectivity index (χ4n) is 1.13. The van der Waals surface area contributed by atoms with Gasteiger partial charge in [0.2, 0.25) is 0 Å². The molecule has 0 aliphatic carbocycles. The Morgan fingerprint density at radius 1 is 1.18 bits per heavy atom. The standard InChI is InChI=1S/C12H12ClF3N/c1-17(2)8-7-11(13)9-3-5-10(6-4-9)12(14,15)16/h3-8H,1-2H3/q+1. The van der Waals surface area contributed by atoms with E-state index in [1.807, 2.05) is 14.1 Å². The third-order valence-electron chi connectivity index (χ3n) is 2.01. The molecular weight excluding hydrogens is 251 g/mol. The Labute approximate surface area is 103 Å². The minimum absolute atomic E-state index is 0.396. The van der Waals surface area contributed by atoms with Crippen LogP contribution in [-0.2, 0) is 6.18 Å². The van der Waals surface area contributed by atoms with Crippen LogP contribution in [0.25, 0.3) is 5.03 Å². The quantitative estimate of drug-likeness (QED) is 0.566. The average molecular weight is 263 g/mol. The van der Waals surface area contributed by atoms with E-state index in [0.29, 0.717) is 10.6 Å². The van der Waals surface area contributed by atoms with Crippen LogP contribution >= 0.6 is 11.6 Å². The second-order valence-corrected chi connectivity index (χ2v) is 4.11. The van der Waals surface area contributed by atoms with Gasteiger partial charge in [0, 0.05) is 6.08 Å². The molecule has 1 aromatic rings. The van der Waals surface area contributed by atoms with Gasteiger partial charge in [-0.1, -0.05) is 23.7 Å². The Balaban J connectivity index is 2.96. The summed E-state index contributed by atoms with van der Waals surface area (Å²) in [7, 11) is 3.65. The highest BCUT2D eigenvalue weighted by molar-refractivity contribution is 6.49. The first-order valence-corrected chi connectivity index (χ1v) is 5.23. The molecule has 0 amide bonds. The largest absolute Gasteiger partial charge is 0.416 e. The van der Waals surface area contributed by atoms with Gasteiger partial charge in [0.25, 0.3) is 0 Å². The van der Waals surface area contributed by atoms with Crippen molar-refractivity contribution in [2.75, 3.05) is 14.1 Å². The second-order valence-electron chi connectivity index (χ2n) is 3.70. The summed E-state index contributed by atoms with van der Waals surface area (Å²) in [6, 6.07) is 4.73. The molecule has 1 rings (SSSR count). The van der Waals surface area contributed by atoms with Crippen LogP contribution in [0, 0.1) is 0 Å². The van der Waals surface area contributed by atoms with Gasteiger partial charge in [0.05, 0.1) is 10.6 Å². The molecule has 0 aliphatic rings. The SMILES string of the molecule is C[N+](C)=CC=C(Cl)c1ccc(C(F)(F)F)cc1. The zero-order valence-electron chi connectivity index (χ0n) is 9.42. The number of hydrogen-bond donors (Lipinski definition) is 0. The normalized spacial score (nSPS) is 12.5. The lowest BCUT2D eigenvalue weighted by Crippen LogP contribution is -2.04. The van der Waals surface area contributed by atoms with E-state index in [-0.39, 0.29) is 0 Å². The van der Waals surface area contributed by atoms with E-state index in [9.17, 15) is 13.2 Å². The second kappa shape index (κ2) is 5.36. The van der Waals surface area contributed by atoms with Crippen molar-refractivity contribution in [1.82, 2.24) is 0 Å². The van der Waals surface area contributed by atoms with Crippen LogP contribution in [0.4, 0.5) is 13.2 Å². The van der Waals surface area contributed by atoms with Crippen molar-refractivity contribution in [3.05, 3.63) is 41.5 Å². The highest BCUT2D eigenvalue weighted by atomic mass is 35.5. The molecule has 0 saturated carbocycles. The van der Waals surface area contributed by atoms with Crippen LogP contribution in [0.1, 0.15) is 11.1 Å². The summed E-state index contributed by atoms with van der Waals surface area (Å²) >= 11 is 5.94. The van der Waals surface area contributed by atoms with Crippen LogP contribution in [0.2, 0.25) is 0 Å². The van der Waals surface area contributed by atoms with Gasteiger partial charge >= 0.3 is 6.18 Å². The predicted molar refractivity (Wildman–Crippen MR) is 63.4 cm³/mol. The van der Waals surface area contributed by atoms with Crippen LogP contribution in [0.5, 0.6) is 0 Å². The van der Waals surface area contributed by atoms with Gasteiger partial charge in [-0.05, 0) is 17.7 Å². The number of benzene rings is 1. The molecule has 17 heavy (non-hydrogen) atoms. The van der Waals surface area contributed by atoms with E-state index in [2.05, 4.69) is 0 Å². The first-order valence-electron chi connectivity index (χ1n) is 4.85. The zero-order valence-corrected chi connectivity index (χ0v) is 10.2. The van der Waals surface area contributed by atoms with Crippen LogP contribution in [-0.4, -0.2) is 24.9 Å². The van der Waals surface area contributed by atoms with E-state index < -0.39 is 11.7 Å². The highest BCUT2D eigenvalue weighted by Gasteiger charge is 2.29. The smallest absolute Gasteiger partial charge is 0.241 e. The monoisotopic (exact) mass is 262 g/mol. The van der Waals surface area contributed by atoms with Gasteiger partial charge in [-0.3, -0.25) is 0 Å². The number of nitrogens with zero attached hydrogens (tertiary/aromatic N) is 1. The number of rotatable bonds is 2. The van der Waals surface area contributed by atoms with Gasteiger partial charge in [0.1, 0.15) is 14.1 Å². The summed E-state index contributed by atoms with van der Waals surface area (Å²) in [5.41, 5.74) is -0.125. The number of halogens is 4. The summed E-state index contributed by atoms with van der Waals surface area (Å²) in [5, 5.41) is 0.396. The van der Waals surface area contributed by atoms with Crippen molar-refractivity contribution in [2.24, 2.45) is 0 Å².